The lowest BCUT2D eigenvalue weighted by Gasteiger charge is -2.23. The predicted molar refractivity (Wildman–Crippen MR) is 109 cm³/mol. The van der Waals surface area contributed by atoms with Crippen molar-refractivity contribution in [1.82, 2.24) is 10.7 Å². The molecule has 0 bridgehead atoms. The van der Waals surface area contributed by atoms with Crippen molar-refractivity contribution >= 4 is 29.2 Å². The van der Waals surface area contributed by atoms with Crippen molar-refractivity contribution in [2.24, 2.45) is 5.10 Å². The molecule has 1 fully saturated rings. The van der Waals surface area contributed by atoms with Gasteiger partial charge in [-0.1, -0.05) is 25.3 Å². The van der Waals surface area contributed by atoms with Gasteiger partial charge >= 0.3 is 0 Å². The molecule has 2 rings (SSSR count). The zero-order chi connectivity index (χ0) is 18.1. The van der Waals surface area contributed by atoms with E-state index in [1.807, 2.05) is 6.07 Å². The summed E-state index contributed by atoms with van der Waals surface area (Å²) in [6.45, 7) is 5.83. The van der Waals surface area contributed by atoms with E-state index in [0.717, 1.165) is 23.4 Å². The molecule has 0 spiro atoms. The van der Waals surface area contributed by atoms with E-state index in [1.54, 1.807) is 6.21 Å². The molecule has 0 amide bonds. The van der Waals surface area contributed by atoms with E-state index >= 15 is 0 Å². The van der Waals surface area contributed by atoms with E-state index < -0.39 is 0 Å². The third-order valence-electron chi connectivity index (χ3n) is 4.68. The molecule has 0 radical (unpaired) electrons. The van der Waals surface area contributed by atoms with Gasteiger partial charge in [0.15, 0.2) is 5.11 Å². The Labute approximate surface area is 156 Å². The number of likely N-dealkylation sites (N-methyl/N-ethyl adjacent to an activating group) is 1. The van der Waals surface area contributed by atoms with Crippen LogP contribution in [0, 0.1) is 6.92 Å². The number of benzene rings is 1. The maximum absolute atomic E-state index is 9.15. The van der Waals surface area contributed by atoms with Crippen molar-refractivity contribution < 1.29 is 5.11 Å². The number of nitrogens with zero attached hydrogens (tertiary/aromatic N) is 2. The van der Waals surface area contributed by atoms with Crippen LogP contribution in [0.3, 0.4) is 0 Å². The number of rotatable bonds is 7. The first kappa shape index (κ1) is 19.7. The molecule has 0 aliphatic heterocycles. The summed E-state index contributed by atoms with van der Waals surface area (Å²) in [4.78, 5) is 2.15. The second kappa shape index (κ2) is 10.4. The summed E-state index contributed by atoms with van der Waals surface area (Å²) < 4.78 is 0. The van der Waals surface area contributed by atoms with Gasteiger partial charge in [-0.05, 0) is 62.2 Å². The van der Waals surface area contributed by atoms with E-state index in [2.05, 4.69) is 46.7 Å². The van der Waals surface area contributed by atoms with Crippen molar-refractivity contribution in [3.8, 4) is 0 Å². The Kier molecular flexibility index (Phi) is 8.15. The maximum Gasteiger partial charge on any atom is 0.187 e. The minimum Gasteiger partial charge on any atom is -0.395 e. The predicted octanol–water partition coefficient (Wildman–Crippen LogP) is 2.94. The van der Waals surface area contributed by atoms with E-state index in [4.69, 9.17) is 17.3 Å². The molecule has 6 heteroatoms. The van der Waals surface area contributed by atoms with Crippen molar-refractivity contribution in [3.63, 3.8) is 0 Å². The van der Waals surface area contributed by atoms with Gasteiger partial charge in [-0.3, -0.25) is 5.43 Å². The molecule has 1 aliphatic carbocycles. The number of hydrogen-bond donors (Lipinski definition) is 3. The monoisotopic (exact) mass is 362 g/mol. The summed E-state index contributed by atoms with van der Waals surface area (Å²) in [5.74, 6) is 0. The number of anilines is 1. The molecule has 25 heavy (non-hydrogen) atoms. The lowest BCUT2D eigenvalue weighted by Crippen LogP contribution is -2.40. The SMILES string of the molecule is CCN(CCO)c1ccc(/C=N\NC(=S)NC2CCCCC2)c(C)c1. The summed E-state index contributed by atoms with van der Waals surface area (Å²) in [5.41, 5.74) is 6.24. The fourth-order valence-electron chi connectivity index (χ4n) is 3.22. The lowest BCUT2D eigenvalue weighted by atomic mass is 9.96. The summed E-state index contributed by atoms with van der Waals surface area (Å²) in [7, 11) is 0. The summed E-state index contributed by atoms with van der Waals surface area (Å²) in [6, 6.07) is 6.72. The van der Waals surface area contributed by atoms with Crippen LogP contribution >= 0.6 is 12.2 Å². The molecule has 0 saturated heterocycles. The van der Waals surface area contributed by atoms with Crippen LogP contribution in [0.4, 0.5) is 5.69 Å². The highest BCUT2D eigenvalue weighted by atomic mass is 32.1. The summed E-state index contributed by atoms with van der Waals surface area (Å²) in [5, 5.41) is 17.4. The Morgan fingerprint density at radius 3 is 2.76 bits per heavy atom. The van der Waals surface area contributed by atoms with Crippen LogP contribution in [-0.2, 0) is 0 Å². The van der Waals surface area contributed by atoms with Gasteiger partial charge in [0.25, 0.3) is 0 Å². The average Bonchev–Trinajstić information content (AvgIpc) is 2.62. The molecule has 1 saturated carbocycles. The Morgan fingerprint density at radius 2 is 2.12 bits per heavy atom. The lowest BCUT2D eigenvalue weighted by molar-refractivity contribution is 0.302. The standard InChI is InChI=1S/C19H30N4OS/c1-3-23(11-12-24)18-10-9-16(15(2)13-18)14-20-22-19(25)21-17-7-5-4-6-8-17/h9-10,13-14,17,24H,3-8,11-12H2,1-2H3,(H2,21,22,25)/b20-14-. The fourth-order valence-corrected chi connectivity index (χ4v) is 3.44. The summed E-state index contributed by atoms with van der Waals surface area (Å²) in [6.07, 6.45) is 8.07. The summed E-state index contributed by atoms with van der Waals surface area (Å²) >= 11 is 5.32. The van der Waals surface area contributed by atoms with Crippen LogP contribution in [0.25, 0.3) is 0 Å². The highest BCUT2D eigenvalue weighted by Crippen LogP contribution is 2.18. The van der Waals surface area contributed by atoms with Crippen molar-refractivity contribution in [3.05, 3.63) is 29.3 Å². The van der Waals surface area contributed by atoms with Gasteiger partial charge < -0.3 is 15.3 Å². The van der Waals surface area contributed by atoms with Crippen LogP contribution in [0.2, 0.25) is 0 Å². The van der Waals surface area contributed by atoms with Crippen molar-refractivity contribution in [1.29, 1.82) is 0 Å². The average molecular weight is 363 g/mol. The van der Waals surface area contributed by atoms with Crippen molar-refractivity contribution in [2.45, 2.75) is 52.0 Å². The van der Waals surface area contributed by atoms with Crippen LogP contribution in [-0.4, -0.2) is 42.2 Å². The van der Waals surface area contributed by atoms with Gasteiger partial charge in [-0.25, -0.2) is 0 Å². The number of aliphatic hydroxyl groups excluding tert-OH is 1. The van der Waals surface area contributed by atoms with Gasteiger partial charge in [0.1, 0.15) is 0 Å². The molecular formula is C19H30N4OS. The molecule has 138 valence electrons. The molecule has 3 N–H and O–H groups in total. The molecule has 0 atom stereocenters. The van der Waals surface area contributed by atoms with Crippen molar-refractivity contribution in [2.75, 3.05) is 24.6 Å². The van der Waals surface area contributed by atoms with E-state index in [1.165, 1.54) is 32.1 Å². The van der Waals surface area contributed by atoms with E-state index in [0.29, 0.717) is 17.7 Å². The Hall–Kier alpha value is -1.66. The van der Waals surface area contributed by atoms with Crippen LogP contribution in [0.15, 0.2) is 23.3 Å². The molecule has 1 aliphatic rings. The maximum atomic E-state index is 9.15. The minimum absolute atomic E-state index is 0.158. The third-order valence-corrected chi connectivity index (χ3v) is 4.89. The van der Waals surface area contributed by atoms with Gasteiger partial charge in [0.2, 0.25) is 0 Å². The number of hydrazone groups is 1. The van der Waals surface area contributed by atoms with Crippen LogP contribution in [0.5, 0.6) is 0 Å². The first-order chi connectivity index (χ1) is 12.1. The number of nitrogens with one attached hydrogen (secondary N) is 2. The first-order valence-electron chi connectivity index (χ1n) is 9.20. The Morgan fingerprint density at radius 1 is 1.36 bits per heavy atom. The van der Waals surface area contributed by atoms with E-state index in [-0.39, 0.29) is 6.61 Å². The molecule has 1 aromatic carbocycles. The molecular weight excluding hydrogens is 332 g/mol. The highest BCUT2D eigenvalue weighted by Gasteiger charge is 2.13. The van der Waals surface area contributed by atoms with E-state index in [9.17, 15) is 0 Å². The van der Waals surface area contributed by atoms with Crippen LogP contribution < -0.4 is 15.6 Å². The zero-order valence-corrected chi connectivity index (χ0v) is 16.1. The van der Waals surface area contributed by atoms with Gasteiger partial charge in [0.05, 0.1) is 12.8 Å². The number of aliphatic hydroxyl groups is 1. The molecule has 0 aromatic heterocycles. The highest BCUT2D eigenvalue weighted by molar-refractivity contribution is 7.80. The second-order valence-corrected chi connectivity index (χ2v) is 6.93. The number of hydrogen-bond acceptors (Lipinski definition) is 4. The zero-order valence-electron chi connectivity index (χ0n) is 15.3. The topological polar surface area (TPSA) is 59.9 Å². The van der Waals surface area contributed by atoms with Gasteiger partial charge in [-0.2, -0.15) is 5.10 Å². The normalized spacial score (nSPS) is 15.3. The first-order valence-corrected chi connectivity index (χ1v) is 9.61. The number of aryl methyl sites for hydroxylation is 1. The van der Waals surface area contributed by atoms with Gasteiger partial charge in [0, 0.05) is 24.8 Å². The Balaban J connectivity index is 1.88. The smallest absolute Gasteiger partial charge is 0.187 e. The van der Waals surface area contributed by atoms with Crippen LogP contribution in [0.1, 0.15) is 50.2 Å². The number of thiocarbonyl (C=S) groups is 1. The molecule has 0 heterocycles. The second-order valence-electron chi connectivity index (χ2n) is 6.52. The molecule has 1 aromatic rings. The fraction of sp³-hybridized carbons (Fsp3) is 0.579. The quantitative estimate of drug-likeness (QED) is 0.395. The minimum atomic E-state index is 0.158. The largest absolute Gasteiger partial charge is 0.395 e. The third kappa shape index (κ3) is 6.29. The van der Waals surface area contributed by atoms with Gasteiger partial charge in [-0.15, -0.1) is 0 Å². The Bertz CT molecular complexity index is 585. The molecule has 5 nitrogen and oxygen atoms in total. The molecule has 0 unspecified atom stereocenters.